The van der Waals surface area contributed by atoms with Crippen LogP contribution in [0.3, 0.4) is 0 Å². The highest BCUT2D eigenvalue weighted by Gasteiger charge is 2.15. The van der Waals surface area contributed by atoms with E-state index in [0.717, 1.165) is 0 Å². The third kappa shape index (κ3) is 6.52. The van der Waals surface area contributed by atoms with Crippen molar-refractivity contribution < 1.29 is 0 Å². The van der Waals surface area contributed by atoms with Gasteiger partial charge in [-0.05, 0) is 107 Å². The normalized spacial score (nSPS) is 11.4. The van der Waals surface area contributed by atoms with Crippen LogP contribution in [0.15, 0.2) is 231 Å². The minimum Gasteiger partial charge on any atom is -0.134 e. The molecule has 0 unspecified atom stereocenters. The first-order valence-corrected chi connectivity index (χ1v) is 21.1. The highest BCUT2D eigenvalue weighted by Crippen LogP contribution is 2.44. The molecule has 1 heteroatoms. The summed E-state index contributed by atoms with van der Waals surface area (Å²) in [6.45, 7) is 0. The van der Waals surface area contributed by atoms with Crippen molar-refractivity contribution in [3.8, 4) is 77.9 Å². The van der Waals surface area contributed by atoms with Crippen LogP contribution in [0.25, 0.3) is 109 Å². The standard InChI is InChI=1S/C58H38S/c1-2-12-39(13-3-1)45-16-6-19-48(36-45)49-20-7-17-46(37-49)40-28-32-43(33-29-40)53-24-10-26-55-56-27-11-25-54(58(56)59-57(53)55)44-34-30-41(31-35-44)47-18-8-21-50(38-47)52-23-9-15-42-14-4-5-22-51(42)52/h1-38H. The van der Waals surface area contributed by atoms with Crippen molar-refractivity contribution in [2.24, 2.45) is 0 Å². The van der Waals surface area contributed by atoms with Crippen LogP contribution in [0, 0.1) is 0 Å². The van der Waals surface area contributed by atoms with Gasteiger partial charge in [0.05, 0.1) is 0 Å². The van der Waals surface area contributed by atoms with E-state index in [1.807, 2.05) is 11.3 Å². The molecule has 276 valence electrons. The zero-order valence-corrected chi connectivity index (χ0v) is 33.2. The SMILES string of the molecule is c1ccc(-c2cccc(-c3cccc(-c4ccc(-c5cccc6c5sc5c(-c7ccc(-c8cccc(-c9cccc%10ccccc9%10)c8)cc7)cccc56)cc4)c3)c2)cc1. The van der Waals surface area contributed by atoms with Crippen LogP contribution < -0.4 is 0 Å². The first-order valence-electron chi connectivity index (χ1n) is 20.2. The number of hydrogen-bond donors (Lipinski definition) is 0. The van der Waals surface area contributed by atoms with Crippen LogP contribution >= 0.6 is 11.3 Å². The second kappa shape index (κ2) is 14.9. The van der Waals surface area contributed by atoms with Gasteiger partial charge in [0.1, 0.15) is 0 Å². The van der Waals surface area contributed by atoms with Gasteiger partial charge >= 0.3 is 0 Å². The lowest BCUT2D eigenvalue weighted by Crippen LogP contribution is -1.84. The van der Waals surface area contributed by atoms with Crippen molar-refractivity contribution in [2.45, 2.75) is 0 Å². The average molecular weight is 767 g/mol. The van der Waals surface area contributed by atoms with E-state index < -0.39 is 0 Å². The van der Waals surface area contributed by atoms with E-state index in [1.54, 1.807) is 0 Å². The molecule has 0 spiro atoms. The Kier molecular flexibility index (Phi) is 8.80. The number of fused-ring (bicyclic) bond motifs is 4. The van der Waals surface area contributed by atoms with Gasteiger partial charge in [-0.3, -0.25) is 0 Å². The van der Waals surface area contributed by atoms with Crippen LogP contribution in [0.2, 0.25) is 0 Å². The summed E-state index contributed by atoms with van der Waals surface area (Å²) in [7, 11) is 0. The molecule has 0 aliphatic rings. The third-order valence-electron chi connectivity index (χ3n) is 11.7. The molecule has 0 fully saturated rings. The van der Waals surface area contributed by atoms with Crippen molar-refractivity contribution in [3.05, 3.63) is 231 Å². The van der Waals surface area contributed by atoms with Gasteiger partial charge in [0.25, 0.3) is 0 Å². The van der Waals surface area contributed by atoms with Crippen LogP contribution in [-0.2, 0) is 0 Å². The smallest absolute Gasteiger partial charge is 0.0434 e. The fraction of sp³-hybridized carbons (Fsp3) is 0. The van der Waals surface area contributed by atoms with Gasteiger partial charge in [-0.1, -0.05) is 212 Å². The third-order valence-corrected chi connectivity index (χ3v) is 13.0. The van der Waals surface area contributed by atoms with E-state index in [-0.39, 0.29) is 0 Å². The Hall–Kier alpha value is -7.32. The minimum atomic E-state index is 1.21. The molecule has 0 saturated heterocycles. The molecule has 0 saturated carbocycles. The number of thiophene rings is 1. The summed E-state index contributed by atoms with van der Waals surface area (Å²) < 4.78 is 2.65. The Bertz CT molecular complexity index is 3290. The molecule has 11 rings (SSSR count). The molecule has 0 bridgehead atoms. The van der Waals surface area contributed by atoms with Gasteiger partial charge in [0.2, 0.25) is 0 Å². The molecule has 0 atom stereocenters. The summed E-state index contributed by atoms with van der Waals surface area (Å²) in [6.07, 6.45) is 0. The van der Waals surface area contributed by atoms with E-state index in [1.165, 1.54) is 109 Å². The van der Waals surface area contributed by atoms with Gasteiger partial charge < -0.3 is 0 Å². The summed E-state index contributed by atoms with van der Waals surface area (Å²) in [5.74, 6) is 0. The van der Waals surface area contributed by atoms with Gasteiger partial charge in [-0.25, -0.2) is 0 Å². The van der Waals surface area contributed by atoms with E-state index in [2.05, 4.69) is 231 Å². The predicted octanol–water partition coefficient (Wildman–Crippen LogP) is 16.9. The Morgan fingerprint density at radius 3 is 1.10 bits per heavy atom. The van der Waals surface area contributed by atoms with Crippen molar-refractivity contribution in [1.29, 1.82) is 0 Å². The molecule has 0 radical (unpaired) electrons. The van der Waals surface area contributed by atoms with Gasteiger partial charge in [0.15, 0.2) is 0 Å². The molecular weight excluding hydrogens is 729 g/mol. The Morgan fingerprint density at radius 1 is 0.203 bits per heavy atom. The second-order valence-electron chi connectivity index (χ2n) is 15.3. The van der Waals surface area contributed by atoms with Crippen LogP contribution in [-0.4, -0.2) is 0 Å². The van der Waals surface area contributed by atoms with Gasteiger partial charge in [0, 0.05) is 20.2 Å². The Balaban J connectivity index is 0.890. The van der Waals surface area contributed by atoms with Crippen LogP contribution in [0.4, 0.5) is 0 Å². The lowest BCUT2D eigenvalue weighted by atomic mass is 9.94. The highest BCUT2D eigenvalue weighted by atomic mass is 32.1. The molecule has 0 N–H and O–H groups in total. The van der Waals surface area contributed by atoms with Gasteiger partial charge in [-0.15, -0.1) is 11.3 Å². The fourth-order valence-corrected chi connectivity index (χ4v) is 10.1. The number of benzene rings is 10. The van der Waals surface area contributed by atoms with Crippen molar-refractivity contribution in [2.75, 3.05) is 0 Å². The highest BCUT2D eigenvalue weighted by molar-refractivity contribution is 7.26. The van der Waals surface area contributed by atoms with Crippen LogP contribution in [0.5, 0.6) is 0 Å². The predicted molar refractivity (Wildman–Crippen MR) is 255 cm³/mol. The first kappa shape index (κ1) is 34.9. The van der Waals surface area contributed by atoms with E-state index >= 15 is 0 Å². The van der Waals surface area contributed by atoms with Gasteiger partial charge in [-0.2, -0.15) is 0 Å². The Morgan fingerprint density at radius 2 is 0.542 bits per heavy atom. The number of rotatable bonds is 7. The maximum Gasteiger partial charge on any atom is 0.0434 e. The molecule has 0 aliphatic carbocycles. The molecule has 0 aliphatic heterocycles. The first-order chi connectivity index (χ1) is 29.2. The van der Waals surface area contributed by atoms with Crippen LogP contribution in [0.1, 0.15) is 0 Å². The quantitative estimate of drug-likeness (QED) is 0.152. The molecular formula is C58H38S. The maximum absolute atomic E-state index is 2.32. The largest absolute Gasteiger partial charge is 0.134 e. The number of hydrogen-bond acceptors (Lipinski definition) is 1. The summed E-state index contributed by atoms with van der Waals surface area (Å²) in [5.41, 5.74) is 17.3. The lowest BCUT2D eigenvalue weighted by molar-refractivity contribution is 1.57. The molecule has 1 aromatic heterocycles. The molecule has 59 heavy (non-hydrogen) atoms. The summed E-state index contributed by atoms with van der Waals surface area (Å²) in [6, 6.07) is 84.2. The Labute approximate surface area is 349 Å². The van der Waals surface area contributed by atoms with Crippen molar-refractivity contribution >= 4 is 42.3 Å². The van der Waals surface area contributed by atoms with E-state index in [0.29, 0.717) is 0 Å². The van der Waals surface area contributed by atoms with Crippen molar-refractivity contribution in [3.63, 3.8) is 0 Å². The minimum absolute atomic E-state index is 1.21. The molecule has 0 amide bonds. The topological polar surface area (TPSA) is 0 Å². The zero-order valence-electron chi connectivity index (χ0n) is 32.3. The molecule has 1 heterocycles. The van der Waals surface area contributed by atoms with Crippen molar-refractivity contribution in [1.82, 2.24) is 0 Å². The zero-order chi connectivity index (χ0) is 39.1. The fourth-order valence-electron chi connectivity index (χ4n) is 8.69. The average Bonchev–Trinajstić information content (AvgIpc) is 3.71. The summed E-state index contributed by atoms with van der Waals surface area (Å²) >= 11 is 1.91. The lowest BCUT2D eigenvalue weighted by Gasteiger charge is -2.10. The molecule has 11 aromatic rings. The summed E-state index contributed by atoms with van der Waals surface area (Å²) in [5, 5.41) is 5.16. The summed E-state index contributed by atoms with van der Waals surface area (Å²) in [4.78, 5) is 0. The monoisotopic (exact) mass is 766 g/mol. The molecule has 10 aromatic carbocycles. The maximum atomic E-state index is 2.32. The molecule has 0 nitrogen and oxygen atoms in total. The van der Waals surface area contributed by atoms with E-state index in [4.69, 9.17) is 0 Å². The second-order valence-corrected chi connectivity index (χ2v) is 16.3. The van der Waals surface area contributed by atoms with E-state index in [9.17, 15) is 0 Å².